The minimum atomic E-state index is -4.95. The molecule has 0 aliphatic carbocycles. The van der Waals surface area contributed by atoms with E-state index in [0.29, 0.717) is 12.1 Å². The van der Waals surface area contributed by atoms with Crippen LogP contribution in [-0.4, -0.2) is 21.0 Å². The molecule has 1 aromatic heterocycles. The summed E-state index contributed by atoms with van der Waals surface area (Å²) in [6.07, 6.45) is -4.95. The Balaban J connectivity index is 3.43. The number of halogens is 3. The first-order valence-corrected chi connectivity index (χ1v) is 3.69. The zero-order valence-corrected chi connectivity index (χ0v) is 7.35. The highest BCUT2D eigenvalue weighted by molar-refractivity contribution is 5.85. The molecule has 16 heavy (non-hydrogen) atoms. The van der Waals surface area contributed by atoms with E-state index in [1.807, 2.05) is 0 Å². The number of carbonyl (C=O) groups is 1. The molecular weight excluding hydrogens is 233 g/mol. The Morgan fingerprint density at radius 3 is 2.38 bits per heavy atom. The molecule has 0 bridgehead atoms. The number of carboxylic acids is 1. The zero-order chi connectivity index (χ0) is 12.5. The van der Waals surface area contributed by atoms with Gasteiger partial charge in [0, 0.05) is 0 Å². The third kappa shape index (κ3) is 2.24. The summed E-state index contributed by atoms with van der Waals surface area (Å²) in [7, 11) is 0. The molecule has 0 aromatic carbocycles. The number of hydrogen-bond acceptors (Lipinski definition) is 4. The maximum Gasteiger partial charge on any atom is 0.424 e. The highest BCUT2D eigenvalue weighted by Gasteiger charge is 2.40. The van der Waals surface area contributed by atoms with E-state index < -0.39 is 34.1 Å². The van der Waals surface area contributed by atoms with Crippen molar-refractivity contribution in [2.45, 2.75) is 6.18 Å². The maximum absolute atomic E-state index is 12.2. The molecule has 1 aromatic rings. The molecule has 0 spiro atoms. The summed E-state index contributed by atoms with van der Waals surface area (Å²) in [6.45, 7) is 0. The van der Waals surface area contributed by atoms with Crippen molar-refractivity contribution in [3.63, 3.8) is 0 Å². The Hall–Kier alpha value is -2.19. The fraction of sp³-hybridized carbons (Fsp3) is 0.143. The zero-order valence-electron chi connectivity index (χ0n) is 7.35. The molecule has 0 radical (unpaired) electrons. The quantitative estimate of drug-likeness (QED) is 0.623. The van der Waals surface area contributed by atoms with Crippen LogP contribution in [0.15, 0.2) is 12.1 Å². The van der Waals surface area contributed by atoms with Crippen LogP contribution in [0.4, 0.5) is 19.0 Å². The monoisotopic (exact) mass is 236 g/mol. The van der Waals surface area contributed by atoms with Gasteiger partial charge in [0.25, 0.3) is 5.69 Å². The number of rotatable bonds is 2. The van der Waals surface area contributed by atoms with Crippen molar-refractivity contribution in [2.75, 3.05) is 0 Å². The fourth-order valence-electron chi connectivity index (χ4n) is 0.928. The average Bonchev–Trinajstić information content (AvgIpc) is 2.15. The van der Waals surface area contributed by atoms with Crippen LogP contribution in [0, 0.1) is 10.1 Å². The number of aromatic nitrogens is 1. The topological polar surface area (TPSA) is 93.3 Å². The molecule has 0 saturated heterocycles. The van der Waals surface area contributed by atoms with Crippen LogP contribution >= 0.6 is 0 Å². The van der Waals surface area contributed by atoms with Gasteiger partial charge >= 0.3 is 18.0 Å². The van der Waals surface area contributed by atoms with Gasteiger partial charge in [0.05, 0.1) is 0 Å². The summed E-state index contributed by atoms with van der Waals surface area (Å²) in [4.78, 5) is 22.1. The summed E-state index contributed by atoms with van der Waals surface area (Å²) in [5.41, 5.74) is -2.40. The first-order valence-electron chi connectivity index (χ1n) is 3.69. The molecule has 0 atom stereocenters. The number of alkyl halides is 3. The van der Waals surface area contributed by atoms with Crippen LogP contribution in [0.2, 0.25) is 0 Å². The molecule has 0 fully saturated rings. The molecule has 1 N–H and O–H groups in total. The van der Waals surface area contributed by atoms with E-state index >= 15 is 0 Å². The molecule has 0 amide bonds. The second-order valence-electron chi connectivity index (χ2n) is 2.63. The van der Waals surface area contributed by atoms with Crippen LogP contribution in [0.1, 0.15) is 16.1 Å². The standard InChI is InChI=1S/C7H3F3N2O4/c8-7(9,10)3-1-2-4(6(13)14)11-5(3)12(15)16/h1-2H,(H,13,14). The van der Waals surface area contributed by atoms with E-state index in [0.717, 1.165) is 0 Å². The Kier molecular flexibility index (Phi) is 2.79. The fourth-order valence-corrected chi connectivity index (χ4v) is 0.928. The highest BCUT2D eigenvalue weighted by Crippen LogP contribution is 2.34. The number of carboxylic acid groups (broad SMARTS) is 1. The van der Waals surface area contributed by atoms with Gasteiger partial charge in [-0.05, 0) is 22.0 Å². The van der Waals surface area contributed by atoms with Gasteiger partial charge in [-0.2, -0.15) is 13.2 Å². The molecule has 86 valence electrons. The van der Waals surface area contributed by atoms with Crippen molar-refractivity contribution in [1.29, 1.82) is 0 Å². The van der Waals surface area contributed by atoms with Crippen molar-refractivity contribution in [1.82, 2.24) is 4.98 Å². The van der Waals surface area contributed by atoms with Gasteiger partial charge in [-0.25, -0.2) is 4.79 Å². The smallest absolute Gasteiger partial charge is 0.424 e. The van der Waals surface area contributed by atoms with Gasteiger partial charge in [-0.15, -0.1) is 0 Å². The van der Waals surface area contributed by atoms with Crippen LogP contribution in [0.3, 0.4) is 0 Å². The second kappa shape index (κ2) is 3.76. The van der Waals surface area contributed by atoms with Gasteiger partial charge in [0.15, 0.2) is 5.56 Å². The Labute approximate surface area is 85.5 Å². The predicted octanol–water partition coefficient (Wildman–Crippen LogP) is 1.71. The SMILES string of the molecule is O=C(O)c1ccc(C(F)(F)F)c([N+](=O)[O-])n1. The Morgan fingerprint density at radius 2 is 2.00 bits per heavy atom. The Bertz CT molecular complexity index is 457. The maximum atomic E-state index is 12.2. The number of nitro groups is 1. The van der Waals surface area contributed by atoms with Crippen LogP contribution < -0.4 is 0 Å². The molecular formula is C7H3F3N2O4. The van der Waals surface area contributed by atoms with Crippen LogP contribution in [0.5, 0.6) is 0 Å². The molecule has 1 rings (SSSR count). The third-order valence-electron chi connectivity index (χ3n) is 1.57. The second-order valence-corrected chi connectivity index (χ2v) is 2.63. The Morgan fingerprint density at radius 1 is 1.44 bits per heavy atom. The van der Waals surface area contributed by atoms with E-state index in [2.05, 4.69) is 4.98 Å². The summed E-state index contributed by atoms with van der Waals surface area (Å²) < 4.78 is 36.7. The van der Waals surface area contributed by atoms with E-state index in [1.165, 1.54) is 0 Å². The average molecular weight is 236 g/mol. The summed E-state index contributed by atoms with van der Waals surface area (Å²) >= 11 is 0. The van der Waals surface area contributed by atoms with E-state index in [1.54, 1.807) is 0 Å². The summed E-state index contributed by atoms with van der Waals surface area (Å²) in [5, 5.41) is 18.7. The largest absolute Gasteiger partial charge is 0.475 e. The number of aromatic carboxylic acids is 1. The molecule has 9 heteroatoms. The van der Waals surface area contributed by atoms with Crippen molar-refractivity contribution in [3.8, 4) is 0 Å². The van der Waals surface area contributed by atoms with Crippen LogP contribution in [-0.2, 0) is 6.18 Å². The third-order valence-corrected chi connectivity index (χ3v) is 1.57. The lowest BCUT2D eigenvalue weighted by Crippen LogP contribution is -2.12. The molecule has 6 nitrogen and oxygen atoms in total. The summed E-state index contributed by atoms with van der Waals surface area (Å²) in [5.74, 6) is -3.16. The lowest BCUT2D eigenvalue weighted by molar-refractivity contribution is -0.392. The normalized spacial score (nSPS) is 11.2. The van der Waals surface area contributed by atoms with E-state index in [4.69, 9.17) is 5.11 Å². The van der Waals surface area contributed by atoms with Crippen molar-refractivity contribution in [2.24, 2.45) is 0 Å². The summed E-state index contributed by atoms with van der Waals surface area (Å²) in [6, 6.07) is 0.868. The van der Waals surface area contributed by atoms with Gasteiger partial charge < -0.3 is 15.2 Å². The van der Waals surface area contributed by atoms with E-state index in [9.17, 15) is 28.1 Å². The molecule has 0 unspecified atom stereocenters. The van der Waals surface area contributed by atoms with Gasteiger partial charge in [0.2, 0.25) is 0 Å². The molecule has 1 heterocycles. The number of nitrogens with zero attached hydrogens (tertiary/aromatic N) is 2. The molecule has 0 aliphatic heterocycles. The van der Waals surface area contributed by atoms with Gasteiger partial charge in [-0.1, -0.05) is 0 Å². The minimum Gasteiger partial charge on any atom is -0.475 e. The van der Waals surface area contributed by atoms with E-state index in [-0.39, 0.29) is 0 Å². The number of pyridine rings is 1. The lowest BCUT2D eigenvalue weighted by atomic mass is 10.2. The van der Waals surface area contributed by atoms with Crippen LogP contribution in [0.25, 0.3) is 0 Å². The predicted molar refractivity (Wildman–Crippen MR) is 42.9 cm³/mol. The minimum absolute atomic E-state index is 0.314. The van der Waals surface area contributed by atoms with Gasteiger partial charge in [0.1, 0.15) is 0 Å². The lowest BCUT2D eigenvalue weighted by Gasteiger charge is -2.06. The first-order chi connectivity index (χ1) is 7.23. The van der Waals surface area contributed by atoms with Crippen molar-refractivity contribution in [3.05, 3.63) is 33.5 Å². The first kappa shape index (κ1) is 11.9. The van der Waals surface area contributed by atoms with Crippen molar-refractivity contribution >= 4 is 11.8 Å². The van der Waals surface area contributed by atoms with Gasteiger partial charge in [-0.3, -0.25) is 0 Å². The van der Waals surface area contributed by atoms with Crippen molar-refractivity contribution < 1.29 is 28.0 Å². The molecule has 0 saturated carbocycles. The number of hydrogen-bond donors (Lipinski definition) is 1. The highest BCUT2D eigenvalue weighted by atomic mass is 19.4. The molecule has 0 aliphatic rings.